The number of likely N-dealkylation sites (N-methyl/N-ethyl adjacent to an activating group) is 1. The molecule has 0 aliphatic rings. The molecule has 0 bridgehead atoms. The first-order valence-electron chi connectivity index (χ1n) is 10.2. The van der Waals surface area contributed by atoms with E-state index in [-0.39, 0.29) is 22.2 Å². The normalized spacial score (nSPS) is 12.3. The number of rotatable bonds is 9. The molecule has 0 heterocycles. The summed E-state index contributed by atoms with van der Waals surface area (Å²) in [6.07, 6.45) is 0. The minimum absolute atomic E-state index is 0.105. The van der Waals surface area contributed by atoms with Gasteiger partial charge in [0.2, 0.25) is 0 Å². The first-order valence-corrected chi connectivity index (χ1v) is 11.7. The van der Waals surface area contributed by atoms with Crippen molar-refractivity contribution in [3.05, 3.63) is 89.7 Å². The second-order valence-electron chi connectivity index (χ2n) is 7.57. The van der Waals surface area contributed by atoms with Gasteiger partial charge in [-0.25, -0.2) is 12.8 Å². The Morgan fingerprint density at radius 3 is 2.24 bits per heavy atom. The lowest BCUT2D eigenvalue weighted by molar-refractivity contribution is 0.0943. The fraction of sp³-hybridized carbons (Fsp3) is 0.208. The summed E-state index contributed by atoms with van der Waals surface area (Å²) in [6.45, 7) is 0.303. The number of ether oxygens (including phenoxy) is 1. The van der Waals surface area contributed by atoms with Crippen molar-refractivity contribution in [2.24, 2.45) is 0 Å². The molecular weight excluding hydrogens is 445 g/mol. The number of amides is 1. The van der Waals surface area contributed by atoms with E-state index in [1.807, 2.05) is 43.3 Å². The van der Waals surface area contributed by atoms with E-state index >= 15 is 0 Å². The fourth-order valence-corrected chi connectivity index (χ4v) is 4.38. The van der Waals surface area contributed by atoms with Gasteiger partial charge in [0, 0.05) is 6.54 Å². The van der Waals surface area contributed by atoms with Gasteiger partial charge in [0.25, 0.3) is 15.9 Å². The number of anilines is 1. The average molecular weight is 472 g/mol. The molecular formula is C24H26FN3O4S. The number of nitrogens with one attached hydrogen (secondary N) is 2. The molecule has 0 saturated carbocycles. The Hall–Kier alpha value is -3.43. The zero-order valence-corrected chi connectivity index (χ0v) is 19.4. The van der Waals surface area contributed by atoms with Crippen molar-refractivity contribution in [2.75, 3.05) is 32.5 Å². The van der Waals surface area contributed by atoms with Crippen LogP contribution >= 0.6 is 0 Å². The van der Waals surface area contributed by atoms with E-state index < -0.39 is 21.7 Å². The first kappa shape index (κ1) is 24.2. The Morgan fingerprint density at radius 1 is 1.00 bits per heavy atom. The predicted octanol–water partition coefficient (Wildman–Crippen LogP) is 3.67. The Bertz CT molecular complexity index is 1200. The molecule has 0 aliphatic heterocycles. The topological polar surface area (TPSA) is 87.7 Å². The number of hydrogen-bond acceptors (Lipinski definition) is 5. The second kappa shape index (κ2) is 10.5. The molecule has 0 aliphatic carbocycles. The number of carbonyl (C=O) groups excluding carboxylic acids is 1. The maximum atomic E-state index is 13.2. The van der Waals surface area contributed by atoms with E-state index in [2.05, 4.69) is 10.0 Å². The molecule has 2 N–H and O–H groups in total. The van der Waals surface area contributed by atoms with Crippen LogP contribution in [0, 0.1) is 5.82 Å². The number of nitrogens with zero attached hydrogens (tertiary/aromatic N) is 1. The van der Waals surface area contributed by atoms with E-state index in [4.69, 9.17) is 4.74 Å². The Labute approximate surface area is 193 Å². The number of sulfonamides is 1. The van der Waals surface area contributed by atoms with E-state index in [0.29, 0.717) is 6.54 Å². The van der Waals surface area contributed by atoms with Gasteiger partial charge >= 0.3 is 0 Å². The molecule has 9 heteroatoms. The van der Waals surface area contributed by atoms with Crippen LogP contribution in [-0.2, 0) is 10.0 Å². The number of hydrogen-bond donors (Lipinski definition) is 2. The minimum Gasteiger partial charge on any atom is -0.497 e. The molecule has 174 valence electrons. The van der Waals surface area contributed by atoms with Crippen molar-refractivity contribution in [3.63, 3.8) is 0 Å². The molecule has 33 heavy (non-hydrogen) atoms. The first-order chi connectivity index (χ1) is 15.7. The molecule has 0 fully saturated rings. The zero-order chi connectivity index (χ0) is 24.0. The molecule has 1 atom stereocenters. The highest BCUT2D eigenvalue weighted by molar-refractivity contribution is 7.92. The quantitative estimate of drug-likeness (QED) is 0.497. The van der Waals surface area contributed by atoms with Crippen molar-refractivity contribution in [2.45, 2.75) is 10.9 Å². The van der Waals surface area contributed by atoms with Crippen molar-refractivity contribution < 1.29 is 22.3 Å². The third-order valence-corrected chi connectivity index (χ3v) is 6.50. The van der Waals surface area contributed by atoms with Gasteiger partial charge < -0.3 is 15.0 Å². The number of halogens is 1. The van der Waals surface area contributed by atoms with Gasteiger partial charge in [0.05, 0.1) is 29.3 Å². The summed E-state index contributed by atoms with van der Waals surface area (Å²) < 4.78 is 46.2. The Balaban J connectivity index is 1.76. The highest BCUT2D eigenvalue weighted by Crippen LogP contribution is 2.23. The molecule has 0 aromatic heterocycles. The largest absolute Gasteiger partial charge is 0.497 e. The molecule has 0 spiro atoms. The fourth-order valence-electron chi connectivity index (χ4n) is 3.30. The summed E-state index contributed by atoms with van der Waals surface area (Å²) >= 11 is 0. The Morgan fingerprint density at radius 2 is 1.64 bits per heavy atom. The summed E-state index contributed by atoms with van der Waals surface area (Å²) in [4.78, 5) is 14.8. The van der Waals surface area contributed by atoms with E-state index in [1.165, 1.54) is 12.1 Å². The zero-order valence-electron chi connectivity index (χ0n) is 18.6. The van der Waals surface area contributed by atoms with Gasteiger partial charge in [-0.15, -0.1) is 0 Å². The van der Waals surface area contributed by atoms with Crippen LogP contribution in [0.25, 0.3) is 0 Å². The van der Waals surface area contributed by atoms with E-state index in [9.17, 15) is 17.6 Å². The smallest absolute Gasteiger partial charge is 0.261 e. The van der Waals surface area contributed by atoms with Crippen LogP contribution in [0.2, 0.25) is 0 Å². The van der Waals surface area contributed by atoms with Crippen LogP contribution in [0.4, 0.5) is 10.1 Å². The van der Waals surface area contributed by atoms with Gasteiger partial charge in [-0.1, -0.05) is 24.3 Å². The van der Waals surface area contributed by atoms with Crippen LogP contribution in [0.5, 0.6) is 5.75 Å². The van der Waals surface area contributed by atoms with Crippen molar-refractivity contribution in [1.29, 1.82) is 0 Å². The maximum absolute atomic E-state index is 13.2. The van der Waals surface area contributed by atoms with E-state index in [1.54, 1.807) is 19.2 Å². The van der Waals surface area contributed by atoms with Gasteiger partial charge in [-0.2, -0.15) is 0 Å². The highest BCUT2D eigenvalue weighted by Gasteiger charge is 2.20. The monoisotopic (exact) mass is 471 g/mol. The van der Waals surface area contributed by atoms with Crippen LogP contribution in [0.3, 0.4) is 0 Å². The number of methoxy groups -OCH3 is 1. The van der Waals surface area contributed by atoms with E-state index in [0.717, 1.165) is 35.6 Å². The molecule has 3 aromatic carbocycles. The van der Waals surface area contributed by atoms with Crippen LogP contribution in [0.1, 0.15) is 22.0 Å². The summed E-state index contributed by atoms with van der Waals surface area (Å²) in [5.41, 5.74) is 1.30. The van der Waals surface area contributed by atoms with Gasteiger partial charge in [-0.05, 0) is 68.2 Å². The van der Waals surface area contributed by atoms with Crippen LogP contribution < -0.4 is 14.8 Å². The van der Waals surface area contributed by atoms with Gasteiger partial charge in [-0.3, -0.25) is 9.52 Å². The summed E-state index contributed by atoms with van der Waals surface area (Å²) in [7, 11) is 1.42. The standard InChI is InChI=1S/C24H26FN3O4S/c1-28(2)23(17-8-12-19(32-3)13-9-17)16-26-24(29)21-6-4-5-7-22(21)27-33(30,31)20-14-10-18(25)11-15-20/h4-15,23,27H,16H2,1-3H3,(H,26,29). The Kier molecular flexibility index (Phi) is 7.67. The SMILES string of the molecule is COc1ccc(C(CNC(=O)c2ccccc2NS(=O)(=O)c2ccc(F)cc2)N(C)C)cc1. The van der Waals surface area contributed by atoms with Crippen LogP contribution in [0.15, 0.2) is 77.7 Å². The highest BCUT2D eigenvalue weighted by atomic mass is 32.2. The second-order valence-corrected chi connectivity index (χ2v) is 9.25. The number of benzene rings is 3. The third-order valence-electron chi connectivity index (χ3n) is 5.12. The third kappa shape index (κ3) is 6.09. The minimum atomic E-state index is -4.00. The summed E-state index contributed by atoms with van der Waals surface area (Å²) in [6, 6.07) is 18.2. The lowest BCUT2D eigenvalue weighted by Crippen LogP contribution is -2.35. The molecule has 0 radical (unpaired) electrons. The van der Waals surface area contributed by atoms with Crippen molar-refractivity contribution in [3.8, 4) is 5.75 Å². The lowest BCUT2D eigenvalue weighted by Gasteiger charge is -2.25. The number of carbonyl (C=O) groups is 1. The molecule has 0 saturated heterocycles. The summed E-state index contributed by atoms with van der Waals surface area (Å²) in [5, 5.41) is 2.88. The number of para-hydroxylation sites is 1. The molecule has 3 rings (SSSR count). The van der Waals surface area contributed by atoms with Crippen LogP contribution in [-0.4, -0.2) is 47.0 Å². The van der Waals surface area contributed by atoms with Gasteiger partial charge in [0.15, 0.2) is 0 Å². The van der Waals surface area contributed by atoms with Gasteiger partial charge in [0.1, 0.15) is 11.6 Å². The van der Waals surface area contributed by atoms with Crippen molar-refractivity contribution in [1.82, 2.24) is 10.2 Å². The molecule has 3 aromatic rings. The molecule has 1 amide bonds. The van der Waals surface area contributed by atoms with Crippen molar-refractivity contribution >= 4 is 21.6 Å². The molecule has 1 unspecified atom stereocenters. The average Bonchev–Trinajstić information content (AvgIpc) is 2.79. The summed E-state index contributed by atoms with van der Waals surface area (Å²) in [5.74, 6) is -0.226. The lowest BCUT2D eigenvalue weighted by atomic mass is 10.1. The molecule has 7 nitrogen and oxygen atoms in total. The predicted molar refractivity (Wildman–Crippen MR) is 125 cm³/mol. The maximum Gasteiger partial charge on any atom is 0.261 e.